The summed E-state index contributed by atoms with van der Waals surface area (Å²) in [6.07, 6.45) is 3.85. The van der Waals surface area contributed by atoms with Crippen molar-refractivity contribution in [2.75, 3.05) is 13.1 Å². The Bertz CT molecular complexity index is 258. The third-order valence-electron chi connectivity index (χ3n) is 3.44. The van der Waals surface area contributed by atoms with E-state index in [4.69, 9.17) is 0 Å². The second-order valence-electron chi connectivity index (χ2n) is 8.17. The molecule has 0 aromatic rings. The van der Waals surface area contributed by atoms with Crippen LogP contribution < -0.4 is 0 Å². The Morgan fingerprint density at radius 2 is 1.59 bits per heavy atom. The van der Waals surface area contributed by atoms with Gasteiger partial charge in [-0.2, -0.15) is 0 Å². The first-order valence-electron chi connectivity index (χ1n) is 7.00. The van der Waals surface area contributed by atoms with Crippen molar-refractivity contribution in [2.24, 2.45) is 16.7 Å². The van der Waals surface area contributed by atoms with Crippen LogP contribution in [0.4, 0.5) is 0 Å². The molecule has 100 valence electrons. The third-order valence-corrected chi connectivity index (χ3v) is 3.44. The van der Waals surface area contributed by atoms with Crippen LogP contribution in [0.25, 0.3) is 0 Å². The Kier molecular flexibility index (Phi) is 4.33. The molecule has 0 aromatic heterocycles. The summed E-state index contributed by atoms with van der Waals surface area (Å²) in [4.78, 5) is 2.47. The van der Waals surface area contributed by atoms with Crippen molar-refractivity contribution in [3.63, 3.8) is 0 Å². The van der Waals surface area contributed by atoms with Gasteiger partial charge in [-0.05, 0) is 36.0 Å². The monoisotopic (exact) mass is 237 g/mol. The summed E-state index contributed by atoms with van der Waals surface area (Å²) in [6.45, 7) is 20.6. The highest BCUT2D eigenvalue weighted by Crippen LogP contribution is 2.33. The molecule has 1 aliphatic rings. The van der Waals surface area contributed by atoms with Crippen LogP contribution in [0, 0.1) is 16.7 Å². The molecule has 0 radical (unpaired) electrons. The predicted molar refractivity (Wildman–Crippen MR) is 77.0 cm³/mol. The maximum absolute atomic E-state index is 4.23. The first-order chi connectivity index (χ1) is 7.57. The van der Waals surface area contributed by atoms with E-state index in [1.165, 1.54) is 31.6 Å². The summed E-state index contributed by atoms with van der Waals surface area (Å²) in [5.41, 5.74) is 2.20. The van der Waals surface area contributed by atoms with Gasteiger partial charge in [0.25, 0.3) is 0 Å². The van der Waals surface area contributed by atoms with E-state index >= 15 is 0 Å². The molecule has 1 rings (SSSR count). The molecule has 0 saturated carbocycles. The fourth-order valence-electron chi connectivity index (χ4n) is 2.37. The zero-order valence-electron chi connectivity index (χ0n) is 12.8. The molecule has 0 amide bonds. The number of hydrogen-bond donors (Lipinski definition) is 0. The lowest BCUT2D eigenvalue weighted by molar-refractivity contribution is 0.111. The highest BCUT2D eigenvalue weighted by atomic mass is 15.2. The molecule has 1 aliphatic heterocycles. The quantitative estimate of drug-likeness (QED) is 0.685. The second kappa shape index (κ2) is 5.04. The van der Waals surface area contributed by atoms with Crippen LogP contribution in [0.1, 0.15) is 60.8 Å². The molecule has 0 aromatic carbocycles. The summed E-state index contributed by atoms with van der Waals surface area (Å²) in [7, 11) is 0. The Hall–Kier alpha value is -0.460. The fourth-order valence-corrected chi connectivity index (χ4v) is 2.37. The van der Waals surface area contributed by atoms with Crippen molar-refractivity contribution in [2.45, 2.75) is 60.8 Å². The Labute approximate surface area is 108 Å². The number of hydrogen-bond acceptors (Lipinski definition) is 1. The Morgan fingerprint density at radius 1 is 1.06 bits per heavy atom. The number of allylic oxidation sites excluding steroid dienone is 1. The molecule has 1 heteroatoms. The SMILES string of the molecule is C=C(CC(C)(C)C)N1CC(CCC(C)(C)C)C1. The van der Waals surface area contributed by atoms with E-state index in [1.807, 2.05) is 0 Å². The van der Waals surface area contributed by atoms with Crippen molar-refractivity contribution in [3.05, 3.63) is 12.3 Å². The number of likely N-dealkylation sites (tertiary alicyclic amines) is 1. The van der Waals surface area contributed by atoms with Crippen LogP contribution in [-0.4, -0.2) is 18.0 Å². The summed E-state index contributed by atoms with van der Waals surface area (Å²) in [6, 6.07) is 0. The lowest BCUT2D eigenvalue weighted by Gasteiger charge is -2.44. The lowest BCUT2D eigenvalue weighted by Crippen LogP contribution is -2.46. The molecular formula is C16H31N. The molecular weight excluding hydrogens is 206 g/mol. The minimum atomic E-state index is 0.369. The van der Waals surface area contributed by atoms with E-state index < -0.39 is 0 Å². The van der Waals surface area contributed by atoms with Crippen molar-refractivity contribution >= 4 is 0 Å². The molecule has 1 fully saturated rings. The van der Waals surface area contributed by atoms with Gasteiger partial charge in [0.2, 0.25) is 0 Å². The molecule has 0 unspecified atom stereocenters. The van der Waals surface area contributed by atoms with Gasteiger partial charge in [0, 0.05) is 18.8 Å². The minimum Gasteiger partial charge on any atom is -0.375 e. The normalized spacial score (nSPS) is 18.1. The Morgan fingerprint density at radius 3 is 2.00 bits per heavy atom. The smallest absolute Gasteiger partial charge is 0.0220 e. The molecule has 1 heterocycles. The summed E-state index contributed by atoms with van der Waals surface area (Å²) >= 11 is 0. The molecule has 0 spiro atoms. The van der Waals surface area contributed by atoms with Crippen molar-refractivity contribution in [1.82, 2.24) is 4.90 Å². The zero-order chi connectivity index (χ0) is 13.3. The van der Waals surface area contributed by atoms with Gasteiger partial charge in [-0.1, -0.05) is 48.1 Å². The number of nitrogens with zero attached hydrogens (tertiary/aromatic N) is 1. The largest absolute Gasteiger partial charge is 0.375 e. The third kappa shape index (κ3) is 5.61. The zero-order valence-corrected chi connectivity index (χ0v) is 12.8. The molecule has 1 nitrogen and oxygen atoms in total. The second-order valence-corrected chi connectivity index (χ2v) is 8.17. The summed E-state index contributed by atoms with van der Waals surface area (Å²) in [5.74, 6) is 0.908. The van der Waals surface area contributed by atoms with Crippen LogP contribution in [0.2, 0.25) is 0 Å². The Balaban J connectivity index is 2.21. The fraction of sp³-hybridized carbons (Fsp3) is 0.875. The average Bonchev–Trinajstić information content (AvgIpc) is 1.94. The minimum absolute atomic E-state index is 0.369. The van der Waals surface area contributed by atoms with Crippen molar-refractivity contribution in [1.29, 1.82) is 0 Å². The van der Waals surface area contributed by atoms with Gasteiger partial charge in [-0.25, -0.2) is 0 Å². The molecule has 0 aliphatic carbocycles. The lowest BCUT2D eigenvalue weighted by atomic mass is 9.83. The van der Waals surface area contributed by atoms with Crippen LogP contribution >= 0.6 is 0 Å². The van der Waals surface area contributed by atoms with E-state index in [9.17, 15) is 0 Å². The molecule has 17 heavy (non-hydrogen) atoms. The predicted octanol–water partition coefficient (Wildman–Crippen LogP) is 4.69. The molecule has 1 saturated heterocycles. The summed E-state index contributed by atoms with van der Waals surface area (Å²) in [5, 5.41) is 0. The first-order valence-corrected chi connectivity index (χ1v) is 7.00. The van der Waals surface area contributed by atoms with E-state index in [0.29, 0.717) is 10.8 Å². The highest BCUT2D eigenvalue weighted by Gasteiger charge is 2.29. The van der Waals surface area contributed by atoms with E-state index in [0.717, 1.165) is 12.3 Å². The van der Waals surface area contributed by atoms with Gasteiger partial charge in [0.1, 0.15) is 0 Å². The van der Waals surface area contributed by atoms with Gasteiger partial charge >= 0.3 is 0 Å². The standard InChI is InChI=1S/C16H31N/c1-13(10-16(5,6)7)17-11-14(12-17)8-9-15(2,3)4/h14H,1,8-12H2,2-7H3. The van der Waals surface area contributed by atoms with E-state index in [1.54, 1.807) is 0 Å². The van der Waals surface area contributed by atoms with Crippen LogP contribution in [0.15, 0.2) is 12.3 Å². The topological polar surface area (TPSA) is 3.24 Å². The maximum Gasteiger partial charge on any atom is 0.0220 e. The van der Waals surface area contributed by atoms with Gasteiger partial charge < -0.3 is 4.90 Å². The van der Waals surface area contributed by atoms with Crippen LogP contribution in [0.5, 0.6) is 0 Å². The maximum atomic E-state index is 4.23. The van der Waals surface area contributed by atoms with E-state index in [-0.39, 0.29) is 0 Å². The van der Waals surface area contributed by atoms with Crippen LogP contribution in [0.3, 0.4) is 0 Å². The van der Waals surface area contributed by atoms with Gasteiger partial charge in [0.15, 0.2) is 0 Å². The number of rotatable bonds is 4. The van der Waals surface area contributed by atoms with E-state index in [2.05, 4.69) is 53.0 Å². The molecule has 0 atom stereocenters. The molecule has 0 bridgehead atoms. The van der Waals surface area contributed by atoms with Gasteiger partial charge in [-0.3, -0.25) is 0 Å². The van der Waals surface area contributed by atoms with Gasteiger partial charge in [0.05, 0.1) is 0 Å². The summed E-state index contributed by atoms with van der Waals surface area (Å²) < 4.78 is 0. The van der Waals surface area contributed by atoms with Crippen molar-refractivity contribution < 1.29 is 0 Å². The molecule has 0 N–H and O–H groups in total. The first kappa shape index (κ1) is 14.6. The highest BCUT2D eigenvalue weighted by molar-refractivity contribution is 5.02. The van der Waals surface area contributed by atoms with Crippen LogP contribution in [-0.2, 0) is 0 Å². The van der Waals surface area contributed by atoms with Crippen molar-refractivity contribution in [3.8, 4) is 0 Å². The average molecular weight is 237 g/mol. The van der Waals surface area contributed by atoms with Gasteiger partial charge in [-0.15, -0.1) is 0 Å².